The lowest BCUT2D eigenvalue weighted by Crippen LogP contribution is -1.90. The van der Waals surface area contributed by atoms with E-state index in [-0.39, 0.29) is 6.61 Å². The Morgan fingerprint density at radius 2 is 2.00 bits per heavy atom. The molecule has 2 aromatic rings. The normalized spacial score (nSPS) is 10.6. The van der Waals surface area contributed by atoms with Gasteiger partial charge in [-0.05, 0) is 19.4 Å². The maximum absolute atomic E-state index is 9.28. The summed E-state index contributed by atoms with van der Waals surface area (Å²) in [6, 6.07) is 8.04. The Morgan fingerprint density at radius 3 is 2.67 bits per heavy atom. The lowest BCUT2D eigenvalue weighted by atomic mass is 10.0. The molecule has 0 aliphatic carbocycles. The number of aromatic amines is 1. The Balaban J connectivity index is 2.59. The number of nitrogens with zero attached hydrogens (tertiary/aromatic N) is 1. The zero-order valence-electron chi connectivity index (χ0n) is 8.91. The highest BCUT2D eigenvalue weighted by atomic mass is 16.3. The number of benzene rings is 1. The van der Waals surface area contributed by atoms with Gasteiger partial charge in [-0.2, -0.15) is 5.10 Å². The molecule has 15 heavy (non-hydrogen) atoms. The van der Waals surface area contributed by atoms with Gasteiger partial charge in [-0.25, -0.2) is 0 Å². The molecule has 78 valence electrons. The van der Waals surface area contributed by atoms with Gasteiger partial charge in [-0.3, -0.25) is 5.10 Å². The van der Waals surface area contributed by atoms with E-state index < -0.39 is 0 Å². The monoisotopic (exact) mass is 202 g/mol. The number of rotatable bonds is 2. The van der Waals surface area contributed by atoms with Crippen molar-refractivity contribution in [2.24, 2.45) is 0 Å². The van der Waals surface area contributed by atoms with Gasteiger partial charge in [0.25, 0.3) is 0 Å². The quantitative estimate of drug-likeness (QED) is 0.784. The number of aryl methyl sites for hydroxylation is 2. The van der Waals surface area contributed by atoms with Gasteiger partial charge in [0.1, 0.15) is 0 Å². The lowest BCUT2D eigenvalue weighted by Gasteiger charge is -2.04. The standard InChI is InChI=1S/C12H14N2O/c1-8-5-3-4-6-10(8)12-11(7-15)9(2)13-14-12/h3-6,15H,7H2,1-2H3,(H,13,14). The Morgan fingerprint density at radius 1 is 1.27 bits per heavy atom. The maximum atomic E-state index is 9.28. The number of aliphatic hydroxyl groups excluding tert-OH is 1. The molecule has 0 spiro atoms. The summed E-state index contributed by atoms with van der Waals surface area (Å²) in [4.78, 5) is 0. The Labute approximate surface area is 88.8 Å². The topological polar surface area (TPSA) is 48.9 Å². The Bertz CT molecular complexity index is 474. The van der Waals surface area contributed by atoms with Gasteiger partial charge in [0.05, 0.1) is 12.3 Å². The minimum Gasteiger partial charge on any atom is -0.392 e. The van der Waals surface area contributed by atoms with Crippen molar-refractivity contribution >= 4 is 0 Å². The van der Waals surface area contributed by atoms with Crippen molar-refractivity contribution in [2.45, 2.75) is 20.5 Å². The Kier molecular flexibility index (Phi) is 2.56. The van der Waals surface area contributed by atoms with Crippen LogP contribution in [0.5, 0.6) is 0 Å². The van der Waals surface area contributed by atoms with E-state index in [0.717, 1.165) is 22.5 Å². The summed E-state index contributed by atoms with van der Waals surface area (Å²) in [6.45, 7) is 3.98. The number of aromatic nitrogens is 2. The van der Waals surface area contributed by atoms with Crippen molar-refractivity contribution in [1.82, 2.24) is 10.2 Å². The molecular formula is C12H14N2O. The molecule has 0 aliphatic rings. The second kappa shape index (κ2) is 3.87. The van der Waals surface area contributed by atoms with Crippen LogP contribution in [0.3, 0.4) is 0 Å². The first-order valence-corrected chi connectivity index (χ1v) is 4.94. The summed E-state index contributed by atoms with van der Waals surface area (Å²) in [5.74, 6) is 0. The third-order valence-electron chi connectivity index (χ3n) is 2.63. The fraction of sp³-hybridized carbons (Fsp3) is 0.250. The number of hydrogen-bond donors (Lipinski definition) is 2. The van der Waals surface area contributed by atoms with Crippen molar-refractivity contribution < 1.29 is 5.11 Å². The molecule has 1 heterocycles. The number of hydrogen-bond acceptors (Lipinski definition) is 2. The third kappa shape index (κ3) is 1.66. The molecule has 2 N–H and O–H groups in total. The van der Waals surface area contributed by atoms with Gasteiger partial charge < -0.3 is 5.11 Å². The van der Waals surface area contributed by atoms with Gasteiger partial charge in [-0.1, -0.05) is 24.3 Å². The summed E-state index contributed by atoms with van der Waals surface area (Å²) >= 11 is 0. The largest absolute Gasteiger partial charge is 0.392 e. The van der Waals surface area contributed by atoms with Crippen LogP contribution in [-0.2, 0) is 6.61 Å². The summed E-state index contributed by atoms with van der Waals surface area (Å²) in [5.41, 5.74) is 4.90. The fourth-order valence-corrected chi connectivity index (χ4v) is 1.71. The highest BCUT2D eigenvalue weighted by molar-refractivity contribution is 5.67. The van der Waals surface area contributed by atoms with E-state index in [1.54, 1.807) is 0 Å². The summed E-state index contributed by atoms with van der Waals surface area (Å²) < 4.78 is 0. The highest BCUT2D eigenvalue weighted by Gasteiger charge is 2.12. The molecule has 0 fully saturated rings. The maximum Gasteiger partial charge on any atom is 0.0981 e. The first-order valence-electron chi connectivity index (χ1n) is 4.94. The molecular weight excluding hydrogens is 188 g/mol. The molecule has 0 saturated carbocycles. The van der Waals surface area contributed by atoms with Gasteiger partial charge in [0.2, 0.25) is 0 Å². The van der Waals surface area contributed by atoms with Crippen LogP contribution in [0.4, 0.5) is 0 Å². The van der Waals surface area contributed by atoms with Crippen molar-refractivity contribution in [3.05, 3.63) is 41.1 Å². The van der Waals surface area contributed by atoms with Crippen molar-refractivity contribution in [1.29, 1.82) is 0 Å². The average Bonchev–Trinajstić information content (AvgIpc) is 2.60. The first-order chi connectivity index (χ1) is 7.24. The van der Waals surface area contributed by atoms with E-state index in [1.807, 2.05) is 38.1 Å². The molecule has 0 aliphatic heterocycles. The number of nitrogens with one attached hydrogen (secondary N) is 1. The predicted octanol–water partition coefficient (Wildman–Crippen LogP) is 2.19. The van der Waals surface area contributed by atoms with E-state index >= 15 is 0 Å². The average molecular weight is 202 g/mol. The zero-order chi connectivity index (χ0) is 10.8. The summed E-state index contributed by atoms with van der Waals surface area (Å²) in [5, 5.41) is 16.4. The van der Waals surface area contributed by atoms with Crippen molar-refractivity contribution in [3.63, 3.8) is 0 Å². The van der Waals surface area contributed by atoms with E-state index in [1.165, 1.54) is 5.56 Å². The van der Waals surface area contributed by atoms with E-state index in [9.17, 15) is 5.11 Å². The second-order valence-corrected chi connectivity index (χ2v) is 3.65. The van der Waals surface area contributed by atoms with Gasteiger partial charge >= 0.3 is 0 Å². The predicted molar refractivity (Wildman–Crippen MR) is 59.4 cm³/mol. The van der Waals surface area contributed by atoms with Crippen LogP contribution >= 0.6 is 0 Å². The van der Waals surface area contributed by atoms with Crippen LogP contribution < -0.4 is 0 Å². The summed E-state index contributed by atoms with van der Waals surface area (Å²) in [6.07, 6.45) is 0. The van der Waals surface area contributed by atoms with Gasteiger partial charge in [-0.15, -0.1) is 0 Å². The minimum atomic E-state index is 0.0198. The molecule has 0 radical (unpaired) electrons. The van der Waals surface area contributed by atoms with Crippen LogP contribution in [0.1, 0.15) is 16.8 Å². The SMILES string of the molecule is Cc1ccccc1-c1n[nH]c(C)c1CO. The first kappa shape index (κ1) is 9.93. The molecule has 3 nitrogen and oxygen atoms in total. The molecule has 0 saturated heterocycles. The second-order valence-electron chi connectivity index (χ2n) is 3.65. The molecule has 0 unspecified atom stereocenters. The van der Waals surface area contributed by atoms with E-state index in [2.05, 4.69) is 10.2 Å². The molecule has 1 aromatic carbocycles. The highest BCUT2D eigenvalue weighted by Crippen LogP contribution is 2.26. The number of H-pyrrole nitrogens is 1. The van der Waals surface area contributed by atoms with Crippen LogP contribution in [-0.4, -0.2) is 15.3 Å². The summed E-state index contributed by atoms with van der Waals surface area (Å²) in [7, 11) is 0. The van der Waals surface area contributed by atoms with Crippen LogP contribution in [0.2, 0.25) is 0 Å². The van der Waals surface area contributed by atoms with E-state index in [0.29, 0.717) is 0 Å². The molecule has 0 amide bonds. The van der Waals surface area contributed by atoms with Gasteiger partial charge in [0, 0.05) is 16.8 Å². The molecule has 1 aromatic heterocycles. The molecule has 3 heteroatoms. The van der Waals surface area contributed by atoms with E-state index in [4.69, 9.17) is 0 Å². The zero-order valence-corrected chi connectivity index (χ0v) is 8.91. The number of aliphatic hydroxyl groups is 1. The van der Waals surface area contributed by atoms with Crippen LogP contribution in [0.15, 0.2) is 24.3 Å². The van der Waals surface area contributed by atoms with Crippen LogP contribution in [0.25, 0.3) is 11.3 Å². The minimum absolute atomic E-state index is 0.0198. The molecule has 0 atom stereocenters. The smallest absolute Gasteiger partial charge is 0.0981 e. The Hall–Kier alpha value is -1.61. The van der Waals surface area contributed by atoms with Gasteiger partial charge in [0.15, 0.2) is 0 Å². The fourth-order valence-electron chi connectivity index (χ4n) is 1.71. The van der Waals surface area contributed by atoms with Crippen molar-refractivity contribution in [3.8, 4) is 11.3 Å². The van der Waals surface area contributed by atoms with Crippen molar-refractivity contribution in [2.75, 3.05) is 0 Å². The molecule has 0 bridgehead atoms. The van der Waals surface area contributed by atoms with Crippen LogP contribution in [0, 0.1) is 13.8 Å². The lowest BCUT2D eigenvalue weighted by molar-refractivity contribution is 0.281. The molecule has 2 rings (SSSR count). The third-order valence-corrected chi connectivity index (χ3v) is 2.63.